The molecule has 0 spiro atoms. The minimum absolute atomic E-state index is 0. The Balaban J connectivity index is -0.000000189. The molecule has 0 bridgehead atoms. The maximum absolute atomic E-state index is 10.2. The Morgan fingerprint density at radius 2 is 0.711 bits per heavy atom. The third-order valence-corrected chi connectivity index (χ3v) is 6.07. The molecule has 0 aromatic heterocycles. The van der Waals surface area contributed by atoms with Gasteiger partial charge in [-0.3, -0.25) is 0 Å². The summed E-state index contributed by atoms with van der Waals surface area (Å²) in [5, 5.41) is 40.1. The van der Waals surface area contributed by atoms with E-state index in [2.05, 4.69) is 6.92 Å². The number of hydrogen-bond donors (Lipinski definition) is 1. The number of carbonyl (C=O) groups excluding carboxylic acids is 3. The summed E-state index contributed by atoms with van der Waals surface area (Å²) in [5.41, 5.74) is 0. The zero-order valence-electron chi connectivity index (χ0n) is 25.2. The Bertz CT molecular complexity index is 489. The summed E-state index contributed by atoms with van der Waals surface area (Å²) in [6, 6.07) is 0. The summed E-state index contributed by atoms with van der Waals surface area (Å²) in [4.78, 5) is 30.3. The van der Waals surface area contributed by atoms with Crippen LogP contribution in [0.2, 0.25) is 0 Å². The van der Waals surface area contributed by atoms with Crippen molar-refractivity contribution < 1.29 is 91.4 Å². The third-order valence-electron chi connectivity index (χ3n) is 6.07. The molecule has 0 rings (SSSR count). The van der Waals surface area contributed by atoms with Gasteiger partial charge in [-0.15, -0.1) is 0 Å². The van der Waals surface area contributed by atoms with E-state index in [0.717, 1.165) is 64.2 Å². The normalized spacial score (nSPS) is 10.6. The Labute approximate surface area is 268 Å². The van der Waals surface area contributed by atoms with E-state index >= 15 is 0 Å². The van der Waals surface area contributed by atoms with Crippen LogP contribution in [0.15, 0.2) is 0 Å². The fourth-order valence-corrected chi connectivity index (χ4v) is 3.91. The van der Waals surface area contributed by atoms with Crippen molar-refractivity contribution in [1.82, 2.24) is 0 Å². The number of carbonyl (C=O) groups is 3. The number of carboxylic acid groups (broad SMARTS) is 3. The summed E-state index contributed by atoms with van der Waals surface area (Å²) in [7, 11) is 0. The minimum Gasteiger partial charge on any atom is -0.550 e. The van der Waals surface area contributed by atoms with Crippen LogP contribution in [0.3, 0.4) is 0 Å². The molecule has 0 heterocycles. The quantitative estimate of drug-likeness (QED) is 0.0936. The second-order valence-corrected chi connectivity index (χ2v) is 9.61. The van der Waals surface area contributed by atoms with Crippen molar-refractivity contribution in [3.05, 3.63) is 0 Å². The third kappa shape index (κ3) is 49.1. The van der Waals surface area contributed by atoms with Crippen LogP contribution in [0.5, 0.6) is 0 Å². The zero-order valence-corrected chi connectivity index (χ0v) is 25.2. The molecule has 0 aromatic carbocycles. The van der Waals surface area contributed by atoms with Gasteiger partial charge >= 0.3 is 56.6 Å². The molecule has 38 heavy (non-hydrogen) atoms. The molecule has 10 heteroatoms. The molecule has 0 aliphatic carbocycles. The van der Waals surface area contributed by atoms with Crippen molar-refractivity contribution >= 4 is 17.9 Å². The molecule has 0 aliphatic heterocycles. The van der Waals surface area contributed by atoms with Crippen molar-refractivity contribution in [2.75, 3.05) is 0 Å². The van der Waals surface area contributed by atoms with E-state index < -0.39 is 17.9 Å². The van der Waals surface area contributed by atoms with Crippen molar-refractivity contribution in [2.24, 2.45) is 0 Å². The fraction of sp³-hybridized carbons (Fsp3) is 0.893. The van der Waals surface area contributed by atoms with Crippen molar-refractivity contribution in [2.45, 2.75) is 161 Å². The van der Waals surface area contributed by atoms with E-state index in [0.29, 0.717) is 12.8 Å². The molecular weight excluding hydrogens is 469 g/mol. The van der Waals surface area contributed by atoms with E-state index in [1.165, 1.54) is 51.4 Å². The first kappa shape index (κ1) is 47.9. The van der Waals surface area contributed by atoms with Crippen LogP contribution in [0.25, 0.3) is 0 Å². The second-order valence-electron chi connectivity index (χ2n) is 9.61. The molecule has 7 nitrogen and oxygen atoms in total. The van der Waals surface area contributed by atoms with Crippen LogP contribution in [0.4, 0.5) is 0 Å². The molecule has 0 fully saturated rings. The molecule has 0 aliphatic rings. The maximum atomic E-state index is 10.2. The SMILES string of the molecule is CCCCCCC(O)CCCCCCCCCCC(=O)[O-].O=C([O-])CCCCCCCCC(=O)[O-].[Li+].[Li+].[Li+]. The van der Waals surface area contributed by atoms with Gasteiger partial charge in [0.25, 0.3) is 0 Å². The molecule has 0 amide bonds. The molecule has 1 atom stereocenters. The first-order valence-corrected chi connectivity index (χ1v) is 14.1. The second kappa shape index (κ2) is 39.3. The number of carboxylic acids is 3. The average molecular weight is 521 g/mol. The molecule has 1 N–H and O–H groups in total. The number of rotatable bonds is 25. The zero-order chi connectivity index (χ0) is 26.6. The molecule has 208 valence electrons. The van der Waals surface area contributed by atoms with Crippen molar-refractivity contribution in [1.29, 1.82) is 0 Å². The molecule has 0 saturated carbocycles. The maximum Gasteiger partial charge on any atom is 1.00 e. The molecule has 0 radical (unpaired) electrons. The van der Waals surface area contributed by atoms with Gasteiger partial charge in [0.2, 0.25) is 0 Å². The summed E-state index contributed by atoms with van der Waals surface area (Å²) >= 11 is 0. The van der Waals surface area contributed by atoms with Gasteiger partial charge in [-0.1, -0.05) is 103 Å². The van der Waals surface area contributed by atoms with Gasteiger partial charge in [-0.2, -0.15) is 0 Å². The standard InChI is InChI=1S/C18H36O3.C10H18O4.3Li/c1-2-3-4-11-14-17(19)15-12-9-7-5-6-8-10-13-16-18(20)21;11-9(12)7-5-3-1-2-4-6-8-10(13)14;;;/h17,19H,2-16H2,1H3,(H,20,21);1-8H2,(H,11,12)(H,13,14);;;/q;;3*+1/p-3. The Morgan fingerprint density at radius 1 is 0.474 bits per heavy atom. The number of unbranched alkanes of at least 4 members (excludes halogenated alkanes) is 15. The molecule has 0 aromatic rings. The monoisotopic (exact) mass is 520 g/mol. The van der Waals surface area contributed by atoms with Crippen LogP contribution in [0.1, 0.15) is 155 Å². The van der Waals surface area contributed by atoms with E-state index in [4.69, 9.17) is 0 Å². The fourth-order valence-electron chi connectivity index (χ4n) is 3.91. The number of aliphatic hydroxyl groups excluding tert-OH is 1. The van der Waals surface area contributed by atoms with Gasteiger partial charge in [0.1, 0.15) is 0 Å². The van der Waals surface area contributed by atoms with Gasteiger partial charge < -0.3 is 34.8 Å². The van der Waals surface area contributed by atoms with Crippen molar-refractivity contribution in [3.63, 3.8) is 0 Å². The smallest absolute Gasteiger partial charge is 0.550 e. The first-order chi connectivity index (χ1) is 16.8. The Hall–Kier alpha value is 0.162. The van der Waals surface area contributed by atoms with E-state index in [1.54, 1.807) is 0 Å². The summed E-state index contributed by atoms with van der Waals surface area (Å²) in [6.07, 6.45) is 21.1. The van der Waals surface area contributed by atoms with Crippen LogP contribution in [-0.4, -0.2) is 29.1 Å². The Morgan fingerprint density at radius 3 is 0.974 bits per heavy atom. The van der Waals surface area contributed by atoms with Crippen molar-refractivity contribution in [3.8, 4) is 0 Å². The number of aliphatic hydroxyl groups is 1. The summed E-state index contributed by atoms with van der Waals surface area (Å²) < 4.78 is 0. The largest absolute Gasteiger partial charge is 1.00 e. The van der Waals surface area contributed by atoms with Crippen LogP contribution < -0.4 is 71.9 Å². The van der Waals surface area contributed by atoms with Crippen LogP contribution in [0, 0.1) is 0 Å². The average Bonchev–Trinajstić information content (AvgIpc) is 2.79. The predicted molar refractivity (Wildman–Crippen MR) is 133 cm³/mol. The van der Waals surface area contributed by atoms with Gasteiger partial charge in [-0.25, -0.2) is 0 Å². The van der Waals surface area contributed by atoms with Crippen LogP contribution in [-0.2, 0) is 14.4 Å². The summed E-state index contributed by atoms with van der Waals surface area (Å²) in [6.45, 7) is 2.21. The number of hydrogen-bond acceptors (Lipinski definition) is 7. The number of aliphatic carboxylic acids is 3. The minimum atomic E-state index is -0.998. The molecular formula is C28H51Li3O7. The van der Waals surface area contributed by atoms with E-state index in [9.17, 15) is 34.8 Å². The van der Waals surface area contributed by atoms with Gasteiger partial charge in [0.15, 0.2) is 0 Å². The van der Waals surface area contributed by atoms with E-state index in [-0.39, 0.29) is 81.9 Å². The van der Waals surface area contributed by atoms with E-state index in [1.807, 2.05) is 0 Å². The first-order valence-electron chi connectivity index (χ1n) is 14.1. The van der Waals surface area contributed by atoms with Gasteiger partial charge in [0.05, 0.1) is 6.10 Å². The molecule has 1 unspecified atom stereocenters. The predicted octanol–water partition coefficient (Wildman–Crippen LogP) is -5.41. The van der Waals surface area contributed by atoms with Crippen LogP contribution >= 0.6 is 0 Å². The van der Waals surface area contributed by atoms with Gasteiger partial charge in [0, 0.05) is 17.9 Å². The summed E-state index contributed by atoms with van der Waals surface area (Å²) in [5.74, 6) is -2.92. The Kier molecular flexibility index (Phi) is 49.6. The topological polar surface area (TPSA) is 141 Å². The van der Waals surface area contributed by atoms with Gasteiger partial charge in [-0.05, 0) is 51.4 Å². The molecule has 0 saturated heterocycles.